The minimum Gasteiger partial charge on any atom is -0.616 e. The summed E-state index contributed by atoms with van der Waals surface area (Å²) in [4.78, 5) is 16.8. The molecule has 2 aliphatic heterocycles. The molecule has 29 heavy (non-hydrogen) atoms. The van der Waals surface area contributed by atoms with Gasteiger partial charge in [-0.2, -0.15) is 0 Å². The molecule has 0 saturated carbocycles. The Morgan fingerprint density at radius 2 is 2.03 bits per heavy atom. The quantitative estimate of drug-likeness (QED) is 0.666. The molecular weight excluding hydrogens is 388 g/mol. The van der Waals surface area contributed by atoms with Gasteiger partial charge in [0, 0.05) is 30.9 Å². The number of benzene rings is 1. The molecular formula is C21H24N4O3S. The van der Waals surface area contributed by atoms with Crippen LogP contribution in [0.5, 0.6) is 0 Å². The van der Waals surface area contributed by atoms with Crippen molar-refractivity contribution in [2.75, 3.05) is 11.5 Å². The van der Waals surface area contributed by atoms with Gasteiger partial charge in [0.15, 0.2) is 0 Å². The summed E-state index contributed by atoms with van der Waals surface area (Å²) >= 11 is -0.721. The number of aromatic nitrogens is 3. The van der Waals surface area contributed by atoms with Gasteiger partial charge in [-0.25, -0.2) is 4.98 Å². The summed E-state index contributed by atoms with van der Waals surface area (Å²) in [6.45, 7) is 3.86. The maximum atomic E-state index is 11.9. The lowest BCUT2D eigenvalue weighted by Gasteiger charge is -2.28. The van der Waals surface area contributed by atoms with E-state index in [0.29, 0.717) is 6.42 Å². The molecule has 8 heteroatoms. The number of nitrogens with zero attached hydrogens (tertiary/aromatic N) is 3. The minimum atomic E-state index is -0.721. The van der Waals surface area contributed by atoms with E-state index in [1.807, 2.05) is 13.8 Å². The van der Waals surface area contributed by atoms with Gasteiger partial charge in [-0.3, -0.25) is 4.79 Å². The molecule has 2 aliphatic rings. The van der Waals surface area contributed by atoms with Gasteiger partial charge in [0.25, 0.3) is 0 Å². The van der Waals surface area contributed by atoms with Crippen LogP contribution in [0.3, 0.4) is 0 Å². The number of hydrogen-bond acceptors (Lipinski definition) is 5. The number of carbonyl (C=O) groups excluding carboxylic acids is 1. The Labute approximate surface area is 172 Å². The van der Waals surface area contributed by atoms with Crippen LogP contribution in [-0.2, 0) is 16.0 Å². The predicted octanol–water partition coefficient (Wildman–Crippen LogP) is 3.34. The lowest BCUT2D eigenvalue weighted by atomic mass is 10.0. The van der Waals surface area contributed by atoms with Gasteiger partial charge < -0.3 is 19.0 Å². The molecule has 2 fully saturated rings. The van der Waals surface area contributed by atoms with E-state index in [-0.39, 0.29) is 18.0 Å². The number of imidazole rings is 1. The van der Waals surface area contributed by atoms with Crippen molar-refractivity contribution in [3.05, 3.63) is 35.5 Å². The number of carbonyl (C=O) groups is 1. The smallest absolute Gasteiger partial charge is 0.220 e. The van der Waals surface area contributed by atoms with Gasteiger partial charge in [-0.15, -0.1) is 0 Å². The predicted molar refractivity (Wildman–Crippen MR) is 111 cm³/mol. The number of fused-ring (bicyclic) bond motifs is 1. The van der Waals surface area contributed by atoms with Crippen molar-refractivity contribution in [3.63, 3.8) is 0 Å². The Morgan fingerprint density at radius 1 is 1.24 bits per heavy atom. The molecule has 7 nitrogen and oxygen atoms in total. The summed E-state index contributed by atoms with van der Waals surface area (Å²) in [5.74, 6) is 3.23. The van der Waals surface area contributed by atoms with Crippen molar-refractivity contribution in [2.24, 2.45) is 0 Å². The Bertz CT molecular complexity index is 1060. The van der Waals surface area contributed by atoms with E-state index in [2.05, 4.69) is 33.2 Å². The van der Waals surface area contributed by atoms with Gasteiger partial charge in [0.1, 0.15) is 23.1 Å². The molecule has 0 spiro atoms. The number of aryl methyl sites for hydroxylation is 2. The first-order valence-corrected chi connectivity index (χ1v) is 11.6. The second-order valence-electron chi connectivity index (χ2n) is 7.98. The third-order valence-electron chi connectivity index (χ3n) is 6.07. The monoisotopic (exact) mass is 412 g/mol. The Kier molecular flexibility index (Phi) is 4.63. The van der Waals surface area contributed by atoms with Crippen LogP contribution in [0.2, 0.25) is 0 Å². The zero-order valence-electron chi connectivity index (χ0n) is 16.6. The largest absolute Gasteiger partial charge is 0.616 e. The summed E-state index contributed by atoms with van der Waals surface area (Å²) < 4.78 is 19.5. The van der Waals surface area contributed by atoms with Crippen molar-refractivity contribution < 1.29 is 13.9 Å². The lowest BCUT2D eigenvalue weighted by molar-refractivity contribution is -0.119. The Balaban J connectivity index is 1.63. The van der Waals surface area contributed by atoms with Crippen LogP contribution in [0.4, 0.5) is 0 Å². The van der Waals surface area contributed by atoms with Crippen molar-refractivity contribution in [3.8, 4) is 11.1 Å². The molecule has 1 aromatic carbocycles. The van der Waals surface area contributed by atoms with E-state index in [1.165, 1.54) is 0 Å². The summed E-state index contributed by atoms with van der Waals surface area (Å²) in [7, 11) is 0. The number of rotatable bonds is 3. The summed E-state index contributed by atoms with van der Waals surface area (Å²) in [5, 5.41) is 7.14. The molecule has 1 atom stereocenters. The van der Waals surface area contributed by atoms with Crippen molar-refractivity contribution >= 4 is 28.1 Å². The van der Waals surface area contributed by atoms with Crippen LogP contribution in [0, 0.1) is 13.8 Å². The molecule has 5 rings (SSSR count). The highest BCUT2D eigenvalue weighted by molar-refractivity contribution is 7.91. The van der Waals surface area contributed by atoms with Gasteiger partial charge >= 0.3 is 0 Å². The maximum Gasteiger partial charge on any atom is 0.220 e. The van der Waals surface area contributed by atoms with Crippen LogP contribution in [0.15, 0.2) is 22.7 Å². The zero-order valence-corrected chi connectivity index (χ0v) is 17.4. The van der Waals surface area contributed by atoms with Crippen LogP contribution in [-0.4, -0.2) is 36.7 Å². The van der Waals surface area contributed by atoms with Crippen LogP contribution in [0.1, 0.15) is 55.0 Å². The Morgan fingerprint density at radius 3 is 2.69 bits per heavy atom. The van der Waals surface area contributed by atoms with E-state index >= 15 is 0 Å². The van der Waals surface area contributed by atoms with Gasteiger partial charge in [-0.05, 0) is 38.0 Å². The molecule has 3 aromatic rings. The van der Waals surface area contributed by atoms with E-state index < -0.39 is 11.2 Å². The first-order chi connectivity index (χ1) is 14.0. The van der Waals surface area contributed by atoms with Gasteiger partial charge in [-0.1, -0.05) is 22.4 Å². The number of hydrogen-bond donors (Lipinski definition) is 1. The number of nitrogens with one attached hydrogen (secondary N) is 1. The SMILES string of the molecule is Cc1noc(C)c1-c1ccc2c(c1)nc([C@@H]1CCC(=O)N1)n2C1CC[S+]([O-])CC1. The second kappa shape index (κ2) is 7.18. The molecule has 0 bridgehead atoms. The molecule has 4 heterocycles. The third kappa shape index (κ3) is 3.24. The topological polar surface area (TPSA) is 96.0 Å². The normalized spacial score (nSPS) is 24.9. The lowest BCUT2D eigenvalue weighted by Crippen LogP contribution is -2.28. The van der Waals surface area contributed by atoms with Crippen LogP contribution < -0.4 is 5.32 Å². The van der Waals surface area contributed by atoms with Crippen LogP contribution in [0.25, 0.3) is 22.2 Å². The molecule has 0 unspecified atom stereocenters. The fourth-order valence-corrected chi connectivity index (χ4v) is 5.92. The molecule has 2 saturated heterocycles. The average molecular weight is 413 g/mol. The Hall–Kier alpha value is -2.32. The second-order valence-corrected chi connectivity index (χ2v) is 9.68. The summed E-state index contributed by atoms with van der Waals surface area (Å²) in [5.41, 5.74) is 4.87. The van der Waals surface area contributed by atoms with Gasteiger partial charge in [0.2, 0.25) is 5.91 Å². The van der Waals surface area contributed by atoms with E-state index in [9.17, 15) is 9.35 Å². The molecule has 152 valence electrons. The van der Waals surface area contributed by atoms with Crippen LogP contribution >= 0.6 is 0 Å². The molecule has 0 radical (unpaired) electrons. The highest BCUT2D eigenvalue weighted by Crippen LogP contribution is 2.36. The molecule has 1 N–H and O–H groups in total. The fourth-order valence-electron chi connectivity index (χ4n) is 4.64. The average Bonchev–Trinajstić information content (AvgIpc) is 3.39. The van der Waals surface area contributed by atoms with Crippen molar-refractivity contribution in [1.29, 1.82) is 0 Å². The molecule has 0 aliphatic carbocycles. The van der Waals surface area contributed by atoms with Gasteiger partial charge in [0.05, 0.1) is 22.8 Å². The van der Waals surface area contributed by atoms with E-state index in [0.717, 1.165) is 70.2 Å². The summed E-state index contributed by atoms with van der Waals surface area (Å²) in [6.07, 6.45) is 3.04. The minimum absolute atomic E-state index is 0.0650. The molecule has 2 aromatic heterocycles. The zero-order chi connectivity index (χ0) is 20.1. The maximum absolute atomic E-state index is 11.9. The first kappa shape index (κ1) is 18.7. The van der Waals surface area contributed by atoms with E-state index in [1.54, 1.807) is 0 Å². The third-order valence-corrected chi connectivity index (χ3v) is 7.45. The highest BCUT2D eigenvalue weighted by atomic mass is 32.2. The standard InChI is InChI=1S/C21H24N4O3S/c1-12-20(13(2)28-24-12)14-3-5-18-17(11-14)23-21(16-4-6-19(26)22-16)25(18)15-7-9-29(27)10-8-15/h3,5,11,15-16H,4,6-10H2,1-2H3,(H,22,26)/t15?,16-,29?/m0/s1. The first-order valence-electron chi connectivity index (χ1n) is 10.1. The van der Waals surface area contributed by atoms with Crippen molar-refractivity contribution in [2.45, 2.75) is 51.6 Å². The molecule has 1 amide bonds. The van der Waals surface area contributed by atoms with E-state index in [4.69, 9.17) is 9.51 Å². The summed E-state index contributed by atoms with van der Waals surface area (Å²) in [6, 6.07) is 6.47. The van der Waals surface area contributed by atoms with Crippen molar-refractivity contribution in [1.82, 2.24) is 20.0 Å². The highest BCUT2D eigenvalue weighted by Gasteiger charge is 2.32. The number of amides is 1. The fraction of sp³-hybridized carbons (Fsp3) is 0.476.